The van der Waals surface area contributed by atoms with E-state index in [1.165, 1.54) is 19.4 Å². The standard InChI is InChI=1S/C12H17F3N4O2.HI/c1-16-11(18-5-4-12(13,14)15)19-7-6-17-10(20)9-3-2-8-21-9;/h2-3,8H,4-7H2,1H3,(H,17,20)(H2,16,18,19);1H. The highest BCUT2D eigenvalue weighted by atomic mass is 127. The Morgan fingerprint density at radius 1 is 1.23 bits per heavy atom. The fourth-order valence-corrected chi connectivity index (χ4v) is 1.40. The number of nitrogens with zero attached hydrogens (tertiary/aromatic N) is 1. The first kappa shape index (κ1) is 20.5. The monoisotopic (exact) mass is 434 g/mol. The van der Waals surface area contributed by atoms with Gasteiger partial charge in [0.25, 0.3) is 5.91 Å². The fraction of sp³-hybridized carbons (Fsp3) is 0.500. The second-order valence-electron chi connectivity index (χ2n) is 4.02. The normalized spacial score (nSPS) is 11.5. The summed E-state index contributed by atoms with van der Waals surface area (Å²) in [4.78, 5) is 15.3. The molecule has 1 aromatic rings. The fourth-order valence-electron chi connectivity index (χ4n) is 1.40. The van der Waals surface area contributed by atoms with Crippen molar-refractivity contribution >= 4 is 35.8 Å². The SMILES string of the molecule is CN=C(NCCNC(=O)c1ccco1)NCCC(F)(F)F.I. The molecule has 3 N–H and O–H groups in total. The Hall–Kier alpha value is -1.46. The minimum atomic E-state index is -4.21. The predicted molar refractivity (Wildman–Crippen MR) is 86.5 cm³/mol. The summed E-state index contributed by atoms with van der Waals surface area (Å²) in [6, 6.07) is 3.12. The van der Waals surface area contributed by atoms with Crippen LogP contribution in [0.4, 0.5) is 13.2 Å². The van der Waals surface area contributed by atoms with E-state index in [0.717, 1.165) is 0 Å². The number of hydrogen-bond acceptors (Lipinski definition) is 3. The maximum atomic E-state index is 12.0. The Morgan fingerprint density at radius 2 is 1.86 bits per heavy atom. The first-order chi connectivity index (χ1) is 9.92. The smallest absolute Gasteiger partial charge is 0.390 e. The zero-order valence-corrected chi connectivity index (χ0v) is 14.2. The molecule has 1 aromatic heterocycles. The number of carbonyl (C=O) groups excluding carboxylic acids is 1. The van der Waals surface area contributed by atoms with Crippen LogP contribution in [0.2, 0.25) is 0 Å². The van der Waals surface area contributed by atoms with E-state index in [2.05, 4.69) is 20.9 Å². The molecular formula is C12H18F3IN4O2. The van der Waals surface area contributed by atoms with E-state index in [9.17, 15) is 18.0 Å². The van der Waals surface area contributed by atoms with Crippen molar-refractivity contribution in [2.24, 2.45) is 4.99 Å². The lowest BCUT2D eigenvalue weighted by Crippen LogP contribution is -2.42. The average molecular weight is 434 g/mol. The molecule has 0 atom stereocenters. The summed E-state index contributed by atoms with van der Waals surface area (Å²) in [5.74, 6) is 0.0796. The Balaban J connectivity index is 0.00000441. The quantitative estimate of drug-likeness (QED) is 0.276. The van der Waals surface area contributed by atoms with Gasteiger partial charge in [0.2, 0.25) is 0 Å². The number of hydrogen-bond donors (Lipinski definition) is 3. The zero-order chi connectivity index (χ0) is 15.7. The second kappa shape index (κ2) is 10.3. The summed E-state index contributed by atoms with van der Waals surface area (Å²) in [5.41, 5.74) is 0. The molecule has 10 heteroatoms. The summed E-state index contributed by atoms with van der Waals surface area (Å²) >= 11 is 0. The van der Waals surface area contributed by atoms with Crippen LogP contribution in [-0.4, -0.2) is 44.7 Å². The third-order valence-corrected chi connectivity index (χ3v) is 2.37. The Bertz CT molecular complexity index is 463. The van der Waals surface area contributed by atoms with E-state index in [-0.39, 0.29) is 54.7 Å². The number of carbonyl (C=O) groups is 1. The molecular weight excluding hydrogens is 416 g/mol. The van der Waals surface area contributed by atoms with Crippen molar-refractivity contribution in [3.63, 3.8) is 0 Å². The van der Waals surface area contributed by atoms with Crippen molar-refractivity contribution in [3.8, 4) is 0 Å². The second-order valence-corrected chi connectivity index (χ2v) is 4.02. The van der Waals surface area contributed by atoms with Crippen LogP contribution in [0, 0.1) is 0 Å². The van der Waals surface area contributed by atoms with Crippen molar-refractivity contribution in [1.82, 2.24) is 16.0 Å². The Morgan fingerprint density at radius 3 is 2.41 bits per heavy atom. The largest absolute Gasteiger partial charge is 0.459 e. The van der Waals surface area contributed by atoms with Crippen molar-refractivity contribution in [1.29, 1.82) is 0 Å². The molecule has 0 bridgehead atoms. The molecule has 0 radical (unpaired) electrons. The van der Waals surface area contributed by atoms with E-state index in [1.807, 2.05) is 0 Å². The first-order valence-electron chi connectivity index (χ1n) is 6.25. The van der Waals surface area contributed by atoms with Gasteiger partial charge in [-0.25, -0.2) is 0 Å². The average Bonchev–Trinajstić information content (AvgIpc) is 2.94. The van der Waals surface area contributed by atoms with Gasteiger partial charge in [0.15, 0.2) is 11.7 Å². The van der Waals surface area contributed by atoms with E-state index in [4.69, 9.17) is 4.42 Å². The molecule has 1 rings (SSSR count). The van der Waals surface area contributed by atoms with Gasteiger partial charge in [-0.15, -0.1) is 24.0 Å². The third kappa shape index (κ3) is 8.74. The number of amides is 1. The van der Waals surface area contributed by atoms with Crippen molar-refractivity contribution in [3.05, 3.63) is 24.2 Å². The molecule has 1 heterocycles. The minimum Gasteiger partial charge on any atom is -0.459 e. The van der Waals surface area contributed by atoms with Crippen LogP contribution in [-0.2, 0) is 0 Å². The lowest BCUT2D eigenvalue weighted by molar-refractivity contribution is -0.132. The topological polar surface area (TPSA) is 78.7 Å². The van der Waals surface area contributed by atoms with Crippen molar-refractivity contribution in [2.45, 2.75) is 12.6 Å². The van der Waals surface area contributed by atoms with Crippen molar-refractivity contribution in [2.75, 3.05) is 26.7 Å². The number of rotatable bonds is 6. The minimum absolute atomic E-state index is 0. The maximum absolute atomic E-state index is 12.0. The highest BCUT2D eigenvalue weighted by Crippen LogP contribution is 2.17. The van der Waals surface area contributed by atoms with Crippen LogP contribution >= 0.6 is 24.0 Å². The van der Waals surface area contributed by atoms with Crippen LogP contribution in [0.3, 0.4) is 0 Å². The number of halogens is 4. The zero-order valence-electron chi connectivity index (χ0n) is 11.9. The van der Waals surface area contributed by atoms with E-state index < -0.39 is 12.6 Å². The molecule has 22 heavy (non-hydrogen) atoms. The van der Waals surface area contributed by atoms with Gasteiger partial charge in [0.1, 0.15) is 0 Å². The summed E-state index contributed by atoms with van der Waals surface area (Å²) in [7, 11) is 1.45. The lowest BCUT2D eigenvalue weighted by Gasteiger charge is -2.13. The summed E-state index contributed by atoms with van der Waals surface area (Å²) < 4.78 is 40.9. The van der Waals surface area contributed by atoms with Gasteiger partial charge in [0, 0.05) is 26.7 Å². The molecule has 0 saturated carbocycles. The molecule has 0 aliphatic rings. The summed E-state index contributed by atoms with van der Waals surface area (Å²) in [6.45, 7) is 0.333. The molecule has 126 valence electrons. The molecule has 0 saturated heterocycles. The van der Waals surface area contributed by atoms with E-state index in [0.29, 0.717) is 6.54 Å². The first-order valence-corrected chi connectivity index (χ1v) is 6.25. The van der Waals surface area contributed by atoms with Gasteiger partial charge in [0.05, 0.1) is 12.7 Å². The van der Waals surface area contributed by atoms with Crippen LogP contribution in [0.15, 0.2) is 27.8 Å². The summed E-state index contributed by atoms with van der Waals surface area (Å²) in [6.07, 6.45) is -3.76. The number of furan rings is 1. The molecule has 0 aliphatic heterocycles. The number of alkyl halides is 3. The third-order valence-electron chi connectivity index (χ3n) is 2.37. The van der Waals surface area contributed by atoms with Crippen LogP contribution in [0.1, 0.15) is 17.0 Å². The molecule has 6 nitrogen and oxygen atoms in total. The highest BCUT2D eigenvalue weighted by molar-refractivity contribution is 14.0. The molecule has 1 amide bonds. The molecule has 0 spiro atoms. The molecule has 0 aliphatic carbocycles. The number of nitrogens with one attached hydrogen (secondary N) is 3. The molecule has 0 unspecified atom stereocenters. The van der Waals surface area contributed by atoms with Gasteiger partial charge in [-0.05, 0) is 12.1 Å². The van der Waals surface area contributed by atoms with Gasteiger partial charge < -0.3 is 20.4 Å². The predicted octanol–water partition coefficient (Wildman–Crippen LogP) is 1.74. The maximum Gasteiger partial charge on any atom is 0.390 e. The van der Waals surface area contributed by atoms with Crippen LogP contribution < -0.4 is 16.0 Å². The van der Waals surface area contributed by atoms with Gasteiger partial charge in [-0.3, -0.25) is 9.79 Å². The number of guanidine groups is 1. The van der Waals surface area contributed by atoms with Gasteiger partial charge >= 0.3 is 6.18 Å². The Labute approximate surface area is 142 Å². The van der Waals surface area contributed by atoms with Gasteiger partial charge in [-0.1, -0.05) is 0 Å². The van der Waals surface area contributed by atoms with Crippen LogP contribution in [0.25, 0.3) is 0 Å². The van der Waals surface area contributed by atoms with Crippen molar-refractivity contribution < 1.29 is 22.4 Å². The number of aliphatic imine (C=N–C) groups is 1. The lowest BCUT2D eigenvalue weighted by atomic mass is 10.4. The molecule has 0 aromatic carbocycles. The van der Waals surface area contributed by atoms with Gasteiger partial charge in [-0.2, -0.15) is 13.2 Å². The Kier molecular flexibility index (Phi) is 9.61. The van der Waals surface area contributed by atoms with E-state index in [1.54, 1.807) is 6.07 Å². The molecule has 0 fully saturated rings. The van der Waals surface area contributed by atoms with E-state index >= 15 is 0 Å². The highest BCUT2D eigenvalue weighted by Gasteiger charge is 2.26. The summed E-state index contributed by atoms with van der Waals surface area (Å²) in [5, 5.41) is 7.90. The van der Waals surface area contributed by atoms with Crippen LogP contribution in [0.5, 0.6) is 0 Å².